The van der Waals surface area contributed by atoms with Gasteiger partial charge in [-0.05, 0) is 27.7 Å². The van der Waals surface area contributed by atoms with Crippen LogP contribution in [0.5, 0.6) is 0 Å². The van der Waals surface area contributed by atoms with E-state index in [1.54, 1.807) is 0 Å². The van der Waals surface area contributed by atoms with Crippen molar-refractivity contribution in [3.8, 4) is 0 Å². The van der Waals surface area contributed by atoms with E-state index in [1.165, 1.54) is 0 Å². The summed E-state index contributed by atoms with van der Waals surface area (Å²) < 4.78 is 5.28. The lowest BCUT2D eigenvalue weighted by atomic mass is 10.1. The SMILES string of the molecule is C[C@@H]1COC(NC(C)(C)C)=N1. The normalized spacial score (nSPS) is 24.4. The molecule has 1 N–H and O–H groups in total. The van der Waals surface area contributed by atoms with E-state index in [9.17, 15) is 0 Å². The van der Waals surface area contributed by atoms with E-state index in [2.05, 4.69) is 31.1 Å². The molecular formula is C8H16N2O. The van der Waals surface area contributed by atoms with Gasteiger partial charge in [0, 0.05) is 5.54 Å². The highest BCUT2D eigenvalue weighted by Crippen LogP contribution is 2.05. The average Bonchev–Trinajstić information content (AvgIpc) is 2.10. The minimum atomic E-state index is 0.0445. The molecule has 0 radical (unpaired) electrons. The minimum Gasteiger partial charge on any atom is -0.463 e. The van der Waals surface area contributed by atoms with Crippen LogP contribution in [-0.4, -0.2) is 24.2 Å². The molecule has 0 unspecified atom stereocenters. The second-order valence-corrected chi connectivity index (χ2v) is 3.97. The van der Waals surface area contributed by atoms with Gasteiger partial charge in [0.05, 0.1) is 6.04 Å². The molecule has 3 nitrogen and oxygen atoms in total. The highest BCUT2D eigenvalue weighted by Gasteiger charge is 2.19. The summed E-state index contributed by atoms with van der Waals surface area (Å²) in [5.41, 5.74) is 0.0445. The van der Waals surface area contributed by atoms with Crippen LogP contribution in [0.25, 0.3) is 0 Å². The number of hydrogen-bond acceptors (Lipinski definition) is 3. The van der Waals surface area contributed by atoms with Crippen molar-refractivity contribution in [1.82, 2.24) is 5.32 Å². The molecule has 0 amide bonds. The number of hydrogen-bond donors (Lipinski definition) is 1. The molecule has 0 saturated carbocycles. The van der Waals surface area contributed by atoms with Gasteiger partial charge in [0.2, 0.25) is 0 Å². The van der Waals surface area contributed by atoms with Crippen LogP contribution < -0.4 is 5.32 Å². The Kier molecular flexibility index (Phi) is 2.07. The van der Waals surface area contributed by atoms with Crippen molar-refractivity contribution in [2.75, 3.05) is 6.61 Å². The van der Waals surface area contributed by atoms with Crippen molar-refractivity contribution in [3.05, 3.63) is 0 Å². The molecule has 0 spiro atoms. The molecule has 64 valence electrons. The molecule has 0 aliphatic carbocycles. The Morgan fingerprint density at radius 1 is 1.55 bits per heavy atom. The molecule has 0 aromatic heterocycles. The van der Waals surface area contributed by atoms with E-state index in [0.717, 1.165) is 0 Å². The Bertz CT molecular complexity index is 169. The zero-order valence-electron chi connectivity index (χ0n) is 7.64. The molecule has 0 fully saturated rings. The fraction of sp³-hybridized carbons (Fsp3) is 0.875. The van der Waals surface area contributed by atoms with E-state index in [-0.39, 0.29) is 5.54 Å². The molecular weight excluding hydrogens is 140 g/mol. The predicted octanol–water partition coefficient (Wildman–Crippen LogP) is 1.15. The molecule has 0 bridgehead atoms. The highest BCUT2D eigenvalue weighted by atomic mass is 16.5. The third-order valence-corrected chi connectivity index (χ3v) is 1.28. The van der Waals surface area contributed by atoms with E-state index in [0.29, 0.717) is 18.7 Å². The molecule has 1 atom stereocenters. The third-order valence-electron chi connectivity index (χ3n) is 1.28. The lowest BCUT2D eigenvalue weighted by molar-refractivity contribution is 0.297. The first-order valence-corrected chi connectivity index (χ1v) is 3.96. The van der Waals surface area contributed by atoms with Crippen LogP contribution in [0.4, 0.5) is 0 Å². The monoisotopic (exact) mass is 156 g/mol. The van der Waals surface area contributed by atoms with Crippen molar-refractivity contribution in [3.63, 3.8) is 0 Å². The fourth-order valence-electron chi connectivity index (χ4n) is 0.863. The summed E-state index contributed by atoms with van der Waals surface area (Å²) in [4.78, 5) is 4.26. The lowest BCUT2D eigenvalue weighted by Crippen LogP contribution is -2.40. The Morgan fingerprint density at radius 2 is 2.18 bits per heavy atom. The Hall–Kier alpha value is -0.730. The summed E-state index contributed by atoms with van der Waals surface area (Å²) >= 11 is 0. The van der Waals surface area contributed by atoms with Gasteiger partial charge >= 0.3 is 0 Å². The Balaban J connectivity index is 2.45. The lowest BCUT2D eigenvalue weighted by Gasteiger charge is -2.20. The summed E-state index contributed by atoms with van der Waals surface area (Å²) in [6, 6.07) is 0.991. The maximum absolute atomic E-state index is 5.28. The van der Waals surface area contributed by atoms with Crippen LogP contribution in [-0.2, 0) is 4.74 Å². The van der Waals surface area contributed by atoms with E-state index in [1.807, 2.05) is 6.92 Å². The first kappa shape index (κ1) is 8.37. The van der Waals surface area contributed by atoms with Crippen molar-refractivity contribution in [2.45, 2.75) is 39.3 Å². The first-order valence-electron chi connectivity index (χ1n) is 3.96. The molecule has 0 saturated heterocycles. The number of amidine groups is 1. The number of nitrogens with zero attached hydrogens (tertiary/aromatic N) is 1. The maximum Gasteiger partial charge on any atom is 0.285 e. The zero-order valence-corrected chi connectivity index (χ0v) is 7.64. The van der Waals surface area contributed by atoms with Crippen molar-refractivity contribution in [1.29, 1.82) is 0 Å². The second kappa shape index (κ2) is 2.72. The minimum absolute atomic E-state index is 0.0445. The molecule has 11 heavy (non-hydrogen) atoms. The van der Waals surface area contributed by atoms with Gasteiger partial charge in [-0.3, -0.25) is 0 Å². The van der Waals surface area contributed by atoms with Gasteiger partial charge in [0.15, 0.2) is 0 Å². The van der Waals surface area contributed by atoms with Gasteiger partial charge in [0.25, 0.3) is 6.02 Å². The largest absolute Gasteiger partial charge is 0.463 e. The van der Waals surface area contributed by atoms with Crippen LogP contribution in [0.3, 0.4) is 0 Å². The van der Waals surface area contributed by atoms with Crippen LogP contribution in [0, 0.1) is 0 Å². The first-order chi connectivity index (χ1) is 4.97. The van der Waals surface area contributed by atoms with E-state index < -0.39 is 0 Å². The van der Waals surface area contributed by atoms with Gasteiger partial charge in [-0.25, -0.2) is 4.99 Å². The Labute approximate surface area is 67.8 Å². The van der Waals surface area contributed by atoms with Crippen LogP contribution in [0.1, 0.15) is 27.7 Å². The third kappa shape index (κ3) is 2.78. The summed E-state index contributed by atoms with van der Waals surface area (Å²) in [5.74, 6) is 0. The number of ether oxygens (including phenoxy) is 1. The summed E-state index contributed by atoms with van der Waals surface area (Å²) in [5, 5.41) is 3.18. The molecule has 0 aromatic rings. The summed E-state index contributed by atoms with van der Waals surface area (Å²) in [6.45, 7) is 9.00. The standard InChI is InChI=1S/C8H16N2O/c1-6-5-11-7(9-6)10-8(2,3)4/h6H,5H2,1-4H3,(H,9,10)/t6-/m1/s1. The van der Waals surface area contributed by atoms with Crippen molar-refractivity contribution < 1.29 is 4.74 Å². The van der Waals surface area contributed by atoms with Gasteiger partial charge in [-0.15, -0.1) is 0 Å². The highest BCUT2D eigenvalue weighted by molar-refractivity contribution is 5.75. The van der Waals surface area contributed by atoms with Gasteiger partial charge < -0.3 is 10.1 Å². The quantitative estimate of drug-likeness (QED) is 0.570. The van der Waals surface area contributed by atoms with Gasteiger partial charge in [-0.2, -0.15) is 0 Å². The van der Waals surface area contributed by atoms with Crippen LogP contribution in [0.15, 0.2) is 4.99 Å². The van der Waals surface area contributed by atoms with Crippen LogP contribution >= 0.6 is 0 Å². The van der Waals surface area contributed by atoms with Gasteiger partial charge in [-0.1, -0.05) is 0 Å². The van der Waals surface area contributed by atoms with Crippen LogP contribution in [0.2, 0.25) is 0 Å². The average molecular weight is 156 g/mol. The second-order valence-electron chi connectivity index (χ2n) is 3.97. The maximum atomic E-state index is 5.28. The Morgan fingerprint density at radius 3 is 2.55 bits per heavy atom. The van der Waals surface area contributed by atoms with Gasteiger partial charge in [0.1, 0.15) is 6.61 Å². The molecule has 0 aromatic carbocycles. The topological polar surface area (TPSA) is 33.6 Å². The fourth-order valence-corrected chi connectivity index (χ4v) is 0.863. The van der Waals surface area contributed by atoms with E-state index in [4.69, 9.17) is 4.74 Å². The smallest absolute Gasteiger partial charge is 0.285 e. The number of aliphatic imine (C=N–C) groups is 1. The van der Waals surface area contributed by atoms with Crippen molar-refractivity contribution in [2.24, 2.45) is 4.99 Å². The molecule has 3 heteroatoms. The molecule has 1 aliphatic heterocycles. The molecule has 1 aliphatic rings. The predicted molar refractivity (Wildman–Crippen MR) is 45.7 cm³/mol. The zero-order chi connectivity index (χ0) is 8.48. The van der Waals surface area contributed by atoms with E-state index >= 15 is 0 Å². The summed E-state index contributed by atoms with van der Waals surface area (Å²) in [6.07, 6.45) is 0. The number of nitrogens with one attached hydrogen (secondary N) is 1. The van der Waals surface area contributed by atoms with Crippen molar-refractivity contribution >= 4 is 6.02 Å². The summed E-state index contributed by atoms with van der Waals surface area (Å²) in [7, 11) is 0. The molecule has 1 heterocycles. The number of rotatable bonds is 0. The molecule has 1 rings (SSSR count).